The number of rotatable bonds is 6. The average molecular weight is 287 g/mol. The first-order valence-corrected chi connectivity index (χ1v) is 6.92. The lowest BCUT2D eigenvalue weighted by Crippen LogP contribution is -2.26. The molecule has 0 radical (unpaired) electrons. The predicted molar refractivity (Wildman–Crippen MR) is 80.8 cm³/mol. The summed E-state index contributed by atoms with van der Waals surface area (Å²) >= 11 is 0. The number of hydrogen-bond donors (Lipinski definition) is 2. The number of benzene rings is 1. The molecule has 1 aromatic heterocycles. The molecule has 0 atom stereocenters. The highest BCUT2D eigenvalue weighted by Crippen LogP contribution is 2.05. The normalized spacial score (nSPS) is 10.2. The minimum Gasteiger partial charge on any atom is -0.370 e. The average Bonchev–Trinajstić information content (AvgIpc) is 2.48. The fraction of sp³-hybridized carbons (Fsp3) is 0.250. The van der Waals surface area contributed by atoms with E-state index < -0.39 is 0 Å². The fourth-order valence-corrected chi connectivity index (χ4v) is 1.94. The maximum Gasteiger partial charge on any atom is 0.269 e. The molecule has 2 N–H and O–H groups in total. The van der Waals surface area contributed by atoms with Gasteiger partial charge in [-0.3, -0.25) is 4.79 Å². The van der Waals surface area contributed by atoms with Gasteiger partial charge in [0, 0.05) is 13.1 Å². The molecule has 21 heavy (non-hydrogen) atoms. The van der Waals surface area contributed by atoms with Gasteiger partial charge in [0.15, 0.2) is 0 Å². The van der Waals surface area contributed by atoms with Crippen LogP contribution in [0.1, 0.15) is 23.0 Å². The SMILES string of the molecule is CCNc1cccc(C(=O)NCCc2cccc(F)c2)n1. The van der Waals surface area contributed by atoms with Gasteiger partial charge in [-0.2, -0.15) is 0 Å². The first-order valence-electron chi connectivity index (χ1n) is 6.92. The molecule has 0 aliphatic carbocycles. The largest absolute Gasteiger partial charge is 0.370 e. The number of halogens is 1. The highest BCUT2D eigenvalue weighted by Gasteiger charge is 2.07. The Kier molecular flexibility index (Phi) is 5.26. The van der Waals surface area contributed by atoms with Crippen molar-refractivity contribution in [3.05, 3.63) is 59.5 Å². The van der Waals surface area contributed by atoms with Crippen molar-refractivity contribution in [2.45, 2.75) is 13.3 Å². The van der Waals surface area contributed by atoms with E-state index in [1.807, 2.05) is 19.1 Å². The van der Waals surface area contributed by atoms with Crippen LogP contribution >= 0.6 is 0 Å². The van der Waals surface area contributed by atoms with Gasteiger partial charge in [0.1, 0.15) is 17.3 Å². The lowest BCUT2D eigenvalue weighted by molar-refractivity contribution is 0.0949. The van der Waals surface area contributed by atoms with Crippen LogP contribution in [0.4, 0.5) is 10.2 Å². The van der Waals surface area contributed by atoms with Crippen LogP contribution in [0, 0.1) is 5.82 Å². The molecule has 2 aromatic rings. The minimum absolute atomic E-state index is 0.230. The standard InChI is InChI=1S/C16H18FN3O/c1-2-18-15-8-4-7-14(20-15)16(21)19-10-9-12-5-3-6-13(17)11-12/h3-8,11H,2,9-10H2,1H3,(H,18,20)(H,19,21). The predicted octanol–water partition coefficient (Wildman–Crippen LogP) is 2.63. The number of nitrogens with one attached hydrogen (secondary N) is 2. The molecule has 1 heterocycles. The Bertz CT molecular complexity index is 616. The summed E-state index contributed by atoms with van der Waals surface area (Å²) in [4.78, 5) is 16.2. The van der Waals surface area contributed by atoms with Crippen molar-refractivity contribution in [3.63, 3.8) is 0 Å². The number of hydrogen-bond acceptors (Lipinski definition) is 3. The zero-order chi connectivity index (χ0) is 15.1. The maximum absolute atomic E-state index is 13.0. The van der Waals surface area contributed by atoms with Crippen LogP contribution in [0.15, 0.2) is 42.5 Å². The van der Waals surface area contributed by atoms with Gasteiger partial charge in [-0.15, -0.1) is 0 Å². The molecule has 110 valence electrons. The zero-order valence-corrected chi connectivity index (χ0v) is 11.9. The number of pyridine rings is 1. The quantitative estimate of drug-likeness (QED) is 0.858. The number of carbonyl (C=O) groups excluding carboxylic acids is 1. The first kappa shape index (κ1) is 15.0. The van der Waals surface area contributed by atoms with E-state index in [2.05, 4.69) is 15.6 Å². The summed E-state index contributed by atoms with van der Waals surface area (Å²) in [5, 5.41) is 5.84. The van der Waals surface area contributed by atoms with Crippen LogP contribution in [0.5, 0.6) is 0 Å². The lowest BCUT2D eigenvalue weighted by Gasteiger charge is -2.07. The van der Waals surface area contributed by atoms with Gasteiger partial charge in [-0.05, 0) is 43.2 Å². The smallest absolute Gasteiger partial charge is 0.269 e. The highest BCUT2D eigenvalue weighted by molar-refractivity contribution is 5.92. The zero-order valence-electron chi connectivity index (χ0n) is 11.9. The summed E-state index contributed by atoms with van der Waals surface area (Å²) in [6, 6.07) is 11.6. The van der Waals surface area contributed by atoms with E-state index in [1.54, 1.807) is 18.2 Å². The van der Waals surface area contributed by atoms with Gasteiger partial charge < -0.3 is 10.6 Å². The molecule has 0 aliphatic heterocycles. The van der Waals surface area contributed by atoms with Gasteiger partial charge in [0.2, 0.25) is 0 Å². The van der Waals surface area contributed by atoms with Crippen LogP contribution in [0.2, 0.25) is 0 Å². The summed E-state index contributed by atoms with van der Waals surface area (Å²) < 4.78 is 13.0. The van der Waals surface area contributed by atoms with Crippen molar-refractivity contribution in [2.75, 3.05) is 18.4 Å². The molecule has 2 rings (SSSR count). The number of amides is 1. The molecule has 0 saturated carbocycles. The molecule has 1 aromatic carbocycles. The Labute approximate surface area is 123 Å². The number of anilines is 1. The van der Waals surface area contributed by atoms with Crippen LogP contribution in [0.25, 0.3) is 0 Å². The molecular formula is C16H18FN3O. The molecule has 4 nitrogen and oxygen atoms in total. The lowest BCUT2D eigenvalue weighted by atomic mass is 10.1. The summed E-state index contributed by atoms with van der Waals surface area (Å²) in [5.41, 5.74) is 1.22. The van der Waals surface area contributed by atoms with Gasteiger partial charge >= 0.3 is 0 Å². The molecule has 1 amide bonds. The third-order valence-corrected chi connectivity index (χ3v) is 2.93. The second-order valence-electron chi connectivity index (χ2n) is 4.57. The van der Waals surface area contributed by atoms with Crippen molar-refractivity contribution in [1.82, 2.24) is 10.3 Å². The summed E-state index contributed by atoms with van der Waals surface area (Å²) in [6.45, 7) is 3.15. The number of aromatic nitrogens is 1. The molecule has 5 heteroatoms. The van der Waals surface area contributed by atoms with Gasteiger partial charge in [-0.1, -0.05) is 18.2 Å². The van der Waals surface area contributed by atoms with E-state index in [9.17, 15) is 9.18 Å². The van der Waals surface area contributed by atoms with Gasteiger partial charge in [0.05, 0.1) is 0 Å². The van der Waals surface area contributed by atoms with E-state index in [4.69, 9.17) is 0 Å². The van der Waals surface area contributed by atoms with Crippen LogP contribution in [0.3, 0.4) is 0 Å². The second kappa shape index (κ2) is 7.38. The second-order valence-corrected chi connectivity index (χ2v) is 4.57. The van der Waals surface area contributed by atoms with E-state index in [0.717, 1.165) is 12.1 Å². The Hall–Kier alpha value is -2.43. The van der Waals surface area contributed by atoms with E-state index in [1.165, 1.54) is 12.1 Å². The molecule has 0 saturated heterocycles. The van der Waals surface area contributed by atoms with Crippen molar-refractivity contribution in [3.8, 4) is 0 Å². The summed E-state index contributed by atoms with van der Waals surface area (Å²) in [6.07, 6.45) is 0.580. The van der Waals surface area contributed by atoms with E-state index in [0.29, 0.717) is 24.5 Å². The van der Waals surface area contributed by atoms with E-state index >= 15 is 0 Å². The van der Waals surface area contributed by atoms with Crippen LogP contribution in [-0.2, 0) is 6.42 Å². The molecule has 0 unspecified atom stereocenters. The topological polar surface area (TPSA) is 54.0 Å². The van der Waals surface area contributed by atoms with Crippen LogP contribution < -0.4 is 10.6 Å². The molecule has 0 bridgehead atoms. The van der Waals surface area contributed by atoms with Crippen LogP contribution in [-0.4, -0.2) is 24.0 Å². The molecular weight excluding hydrogens is 269 g/mol. The molecule has 0 aliphatic rings. The van der Waals surface area contributed by atoms with Gasteiger partial charge in [0.25, 0.3) is 5.91 Å². The Morgan fingerprint density at radius 2 is 2.05 bits per heavy atom. The molecule has 0 spiro atoms. The summed E-state index contributed by atoms with van der Waals surface area (Å²) in [5.74, 6) is 0.181. The van der Waals surface area contributed by atoms with Crippen molar-refractivity contribution in [1.29, 1.82) is 0 Å². The fourth-order valence-electron chi connectivity index (χ4n) is 1.94. The van der Waals surface area contributed by atoms with E-state index in [-0.39, 0.29) is 11.7 Å². The first-order chi connectivity index (χ1) is 10.2. The summed E-state index contributed by atoms with van der Waals surface area (Å²) in [7, 11) is 0. The minimum atomic E-state index is -0.265. The number of carbonyl (C=O) groups is 1. The monoisotopic (exact) mass is 287 g/mol. The Morgan fingerprint density at radius 1 is 1.24 bits per heavy atom. The maximum atomic E-state index is 13.0. The number of nitrogens with zero attached hydrogens (tertiary/aromatic N) is 1. The molecule has 0 fully saturated rings. The Morgan fingerprint density at radius 3 is 2.81 bits per heavy atom. The van der Waals surface area contributed by atoms with Crippen molar-refractivity contribution >= 4 is 11.7 Å². The van der Waals surface area contributed by atoms with Crippen molar-refractivity contribution < 1.29 is 9.18 Å². The third-order valence-electron chi connectivity index (χ3n) is 2.93. The highest BCUT2D eigenvalue weighted by atomic mass is 19.1. The van der Waals surface area contributed by atoms with Crippen molar-refractivity contribution in [2.24, 2.45) is 0 Å². The third kappa shape index (κ3) is 4.56. The Balaban J connectivity index is 1.88. The van der Waals surface area contributed by atoms with Gasteiger partial charge in [-0.25, -0.2) is 9.37 Å².